The molecule has 0 aliphatic rings. The summed E-state index contributed by atoms with van der Waals surface area (Å²) < 4.78 is 0. The summed E-state index contributed by atoms with van der Waals surface area (Å²) in [6, 6.07) is 0. The molecule has 0 bridgehead atoms. The largest absolute Gasteiger partial charge is 0.476 e. The molecule has 0 atom stereocenters. The summed E-state index contributed by atoms with van der Waals surface area (Å²) in [4.78, 5) is 20.5. The first kappa shape index (κ1) is 18.5. The molecule has 74 valence electrons. The van der Waals surface area contributed by atoms with Gasteiger partial charge in [0.25, 0.3) is 0 Å². The van der Waals surface area contributed by atoms with E-state index in [0.29, 0.717) is 6.42 Å². The number of unbranched alkanes of at least 4 members (excludes halogenated alkanes) is 3. The molecule has 0 saturated carbocycles. The smallest absolute Gasteiger partial charge is 0.372 e. The van der Waals surface area contributed by atoms with Crippen LogP contribution in [-0.4, -0.2) is 22.3 Å². The Balaban J connectivity index is -0.000000500. The average Bonchev–Trinajstić information content (AvgIpc) is 1.97. The number of carbonyl (C=O) groups is 2. The quantitative estimate of drug-likeness (QED) is 0.424. The molecule has 0 aliphatic heterocycles. The van der Waals surface area contributed by atoms with E-state index in [1.54, 1.807) is 0 Å². The van der Waals surface area contributed by atoms with Crippen molar-refractivity contribution in [2.75, 3.05) is 0 Å². The minimum absolute atomic E-state index is 0. The first-order valence-corrected chi connectivity index (χ1v) is 3.94. The Labute approximate surface area is 90.8 Å². The van der Waals surface area contributed by atoms with Gasteiger partial charge in [0.1, 0.15) is 0 Å². The maximum atomic E-state index is 10.5. The summed E-state index contributed by atoms with van der Waals surface area (Å²) in [6.45, 7) is 2.07. The normalized spacial score (nSPS) is 8.08. The summed E-state index contributed by atoms with van der Waals surface area (Å²) in [5.41, 5.74) is 0. The van der Waals surface area contributed by atoms with Gasteiger partial charge in [0.05, 0.1) is 0 Å². The van der Waals surface area contributed by atoms with E-state index >= 15 is 0 Å². The van der Waals surface area contributed by atoms with Gasteiger partial charge in [-0.05, 0) is 6.42 Å². The van der Waals surface area contributed by atoms with E-state index in [2.05, 4.69) is 6.92 Å². The number of rotatable bonds is 6. The molecule has 0 fully saturated rings. The molecule has 4 nitrogen and oxygen atoms in total. The van der Waals surface area contributed by atoms with Crippen LogP contribution in [0.25, 0.3) is 0 Å². The Morgan fingerprint density at radius 1 is 1.15 bits per heavy atom. The fourth-order valence-electron chi connectivity index (χ4n) is 0.819. The maximum Gasteiger partial charge on any atom is 0.372 e. The average molecular weight is 242 g/mol. The second-order valence-corrected chi connectivity index (χ2v) is 2.54. The van der Waals surface area contributed by atoms with E-state index in [9.17, 15) is 9.59 Å². The van der Waals surface area contributed by atoms with Gasteiger partial charge in [0.15, 0.2) is 0 Å². The number of hydrogen-bond acceptors (Lipinski definition) is 2. The standard InChI is InChI=1S/C8H14O3.H2O.Zn/c1-2-3-4-5-6-7(9)8(10)11;;/h2-6H2,1H3,(H,10,11);1H2;. The van der Waals surface area contributed by atoms with E-state index in [1.165, 1.54) is 0 Å². The SMILES string of the molecule is CCCCCCC(=O)C(=O)O.O.[Zn]. The van der Waals surface area contributed by atoms with Crippen molar-refractivity contribution in [1.82, 2.24) is 0 Å². The molecule has 0 unspecified atom stereocenters. The zero-order valence-corrected chi connectivity index (χ0v) is 11.0. The number of Topliss-reactive ketones (excluding diaryl/α,β-unsaturated/α-hetero) is 1. The fraction of sp³-hybridized carbons (Fsp3) is 0.750. The van der Waals surface area contributed by atoms with Gasteiger partial charge in [-0.1, -0.05) is 26.2 Å². The van der Waals surface area contributed by atoms with Gasteiger partial charge in [-0.2, -0.15) is 0 Å². The number of ketones is 1. The molecule has 0 amide bonds. The van der Waals surface area contributed by atoms with Gasteiger partial charge >= 0.3 is 5.97 Å². The van der Waals surface area contributed by atoms with Gasteiger partial charge in [0.2, 0.25) is 5.78 Å². The molecular formula is C8H16O4Zn. The molecule has 0 aliphatic carbocycles. The van der Waals surface area contributed by atoms with Crippen LogP contribution in [0.4, 0.5) is 0 Å². The van der Waals surface area contributed by atoms with Crippen LogP contribution in [0.5, 0.6) is 0 Å². The van der Waals surface area contributed by atoms with Crippen molar-refractivity contribution in [2.24, 2.45) is 0 Å². The maximum absolute atomic E-state index is 10.5. The topological polar surface area (TPSA) is 85.9 Å². The van der Waals surface area contributed by atoms with Crippen molar-refractivity contribution in [2.45, 2.75) is 39.0 Å². The summed E-state index contributed by atoms with van der Waals surface area (Å²) in [7, 11) is 0. The minimum Gasteiger partial charge on any atom is -0.476 e. The summed E-state index contributed by atoms with van der Waals surface area (Å²) in [5, 5.41) is 8.19. The minimum atomic E-state index is -1.30. The summed E-state index contributed by atoms with van der Waals surface area (Å²) in [5.74, 6) is -1.97. The second-order valence-electron chi connectivity index (χ2n) is 2.54. The Hall–Kier alpha value is -0.277. The third-order valence-corrected chi connectivity index (χ3v) is 1.50. The molecule has 0 spiro atoms. The Kier molecular flexibility index (Phi) is 16.7. The van der Waals surface area contributed by atoms with Gasteiger partial charge in [-0.25, -0.2) is 4.79 Å². The number of carboxylic acids is 1. The number of carbonyl (C=O) groups excluding carboxylic acids is 1. The zero-order chi connectivity index (χ0) is 8.69. The van der Waals surface area contributed by atoms with E-state index in [4.69, 9.17) is 5.11 Å². The molecule has 0 aromatic carbocycles. The van der Waals surface area contributed by atoms with Crippen LogP contribution in [0, 0.1) is 0 Å². The molecule has 0 heterocycles. The first-order chi connectivity index (χ1) is 5.18. The second kappa shape index (κ2) is 11.7. The monoisotopic (exact) mass is 240 g/mol. The predicted octanol–water partition coefficient (Wildman–Crippen LogP) is 0.783. The van der Waals surface area contributed by atoms with Gasteiger partial charge in [0, 0.05) is 25.9 Å². The number of aliphatic carboxylic acids is 1. The van der Waals surface area contributed by atoms with Crippen molar-refractivity contribution in [3.63, 3.8) is 0 Å². The van der Waals surface area contributed by atoms with Crippen molar-refractivity contribution >= 4 is 11.8 Å². The van der Waals surface area contributed by atoms with Crippen LogP contribution in [0.2, 0.25) is 0 Å². The Morgan fingerprint density at radius 3 is 2.08 bits per heavy atom. The zero-order valence-electron chi connectivity index (χ0n) is 8.01. The Bertz CT molecular complexity index is 147. The van der Waals surface area contributed by atoms with Crippen LogP contribution < -0.4 is 0 Å². The third-order valence-electron chi connectivity index (χ3n) is 1.50. The number of carboxylic acid groups (broad SMARTS) is 1. The first-order valence-electron chi connectivity index (χ1n) is 3.94. The van der Waals surface area contributed by atoms with E-state index in [-0.39, 0.29) is 31.4 Å². The molecule has 5 heteroatoms. The van der Waals surface area contributed by atoms with E-state index in [1.807, 2.05) is 0 Å². The molecule has 3 N–H and O–H groups in total. The summed E-state index contributed by atoms with van der Waals surface area (Å²) in [6.07, 6.45) is 4.03. The van der Waals surface area contributed by atoms with Crippen LogP contribution in [0.3, 0.4) is 0 Å². The molecule has 13 heavy (non-hydrogen) atoms. The summed E-state index contributed by atoms with van der Waals surface area (Å²) >= 11 is 0. The molecule has 0 radical (unpaired) electrons. The van der Waals surface area contributed by atoms with Gasteiger partial charge < -0.3 is 10.6 Å². The molecular weight excluding hydrogens is 225 g/mol. The van der Waals surface area contributed by atoms with Crippen molar-refractivity contribution < 1.29 is 39.6 Å². The molecule has 0 aromatic heterocycles. The van der Waals surface area contributed by atoms with Crippen molar-refractivity contribution in [3.05, 3.63) is 0 Å². The Morgan fingerprint density at radius 2 is 1.69 bits per heavy atom. The predicted molar refractivity (Wildman–Crippen MR) is 45.0 cm³/mol. The van der Waals surface area contributed by atoms with Crippen LogP contribution in [0.1, 0.15) is 39.0 Å². The van der Waals surface area contributed by atoms with Crippen molar-refractivity contribution in [1.29, 1.82) is 0 Å². The molecule has 0 rings (SSSR count). The van der Waals surface area contributed by atoms with Gasteiger partial charge in [-0.3, -0.25) is 4.79 Å². The van der Waals surface area contributed by atoms with E-state index < -0.39 is 11.8 Å². The van der Waals surface area contributed by atoms with Crippen LogP contribution >= 0.6 is 0 Å². The molecule has 0 aromatic rings. The van der Waals surface area contributed by atoms with Crippen LogP contribution in [0.15, 0.2) is 0 Å². The molecule has 0 saturated heterocycles. The third kappa shape index (κ3) is 11.7. The van der Waals surface area contributed by atoms with Crippen molar-refractivity contribution in [3.8, 4) is 0 Å². The van der Waals surface area contributed by atoms with E-state index in [0.717, 1.165) is 19.3 Å². The van der Waals surface area contributed by atoms with Crippen LogP contribution in [-0.2, 0) is 29.1 Å². The fourth-order valence-corrected chi connectivity index (χ4v) is 0.819. The number of hydrogen-bond donors (Lipinski definition) is 1. The van der Waals surface area contributed by atoms with Gasteiger partial charge in [-0.15, -0.1) is 0 Å².